The lowest BCUT2D eigenvalue weighted by atomic mass is 10.0. The maximum Gasteiger partial charge on any atom is 0.231 e. The van der Waals surface area contributed by atoms with Gasteiger partial charge in [0.15, 0.2) is 5.82 Å². The molecule has 0 radical (unpaired) electrons. The molecule has 0 unspecified atom stereocenters. The van der Waals surface area contributed by atoms with Crippen LogP contribution >= 0.6 is 0 Å². The van der Waals surface area contributed by atoms with Gasteiger partial charge in [0, 0.05) is 24.8 Å². The van der Waals surface area contributed by atoms with E-state index in [1.54, 1.807) is 33.9 Å². The van der Waals surface area contributed by atoms with Crippen LogP contribution in [0.1, 0.15) is 36.6 Å². The number of tetrazole rings is 1. The molecular weight excluding hydrogens is 337 g/mol. The SMILES string of the molecule is O=C(NCc1cnn(-c2cccc(F)c2)c1)[C@@H]1CCCCn2nnnc21. The highest BCUT2D eigenvalue weighted by Gasteiger charge is 2.28. The van der Waals surface area contributed by atoms with Gasteiger partial charge in [0.25, 0.3) is 0 Å². The molecule has 1 amide bonds. The van der Waals surface area contributed by atoms with Crippen LogP contribution in [0.15, 0.2) is 36.7 Å². The van der Waals surface area contributed by atoms with Crippen LogP contribution in [0.5, 0.6) is 0 Å². The molecule has 1 aromatic carbocycles. The molecule has 4 rings (SSSR count). The minimum atomic E-state index is -0.342. The number of aromatic nitrogens is 6. The maximum atomic E-state index is 13.3. The summed E-state index contributed by atoms with van der Waals surface area (Å²) in [6.07, 6.45) is 6.06. The van der Waals surface area contributed by atoms with Crippen LogP contribution < -0.4 is 5.32 Å². The summed E-state index contributed by atoms with van der Waals surface area (Å²) in [6, 6.07) is 6.18. The number of hydrogen-bond donors (Lipinski definition) is 1. The third-order valence-corrected chi connectivity index (χ3v) is 4.48. The number of nitrogens with one attached hydrogen (secondary N) is 1. The normalized spacial score (nSPS) is 16.7. The summed E-state index contributed by atoms with van der Waals surface area (Å²) in [7, 11) is 0. The van der Waals surface area contributed by atoms with Gasteiger partial charge < -0.3 is 5.32 Å². The first kappa shape index (κ1) is 16.4. The van der Waals surface area contributed by atoms with E-state index in [-0.39, 0.29) is 17.6 Å². The molecular formula is C17H18FN7O. The minimum Gasteiger partial charge on any atom is -0.351 e. The Morgan fingerprint density at radius 1 is 1.35 bits per heavy atom. The summed E-state index contributed by atoms with van der Waals surface area (Å²) >= 11 is 0. The van der Waals surface area contributed by atoms with E-state index in [2.05, 4.69) is 25.9 Å². The second kappa shape index (κ2) is 7.03. The third kappa shape index (κ3) is 3.32. The molecule has 3 aromatic rings. The Labute approximate surface area is 149 Å². The Hall–Kier alpha value is -3.10. The monoisotopic (exact) mass is 355 g/mol. The fourth-order valence-electron chi connectivity index (χ4n) is 3.13. The van der Waals surface area contributed by atoms with E-state index in [1.165, 1.54) is 12.1 Å². The largest absolute Gasteiger partial charge is 0.351 e. The number of nitrogens with zero attached hydrogens (tertiary/aromatic N) is 6. The number of carbonyl (C=O) groups excluding carboxylic acids is 1. The number of fused-ring (bicyclic) bond motifs is 1. The van der Waals surface area contributed by atoms with Crippen molar-refractivity contribution in [1.29, 1.82) is 0 Å². The summed E-state index contributed by atoms with van der Waals surface area (Å²) < 4.78 is 16.6. The molecule has 8 nitrogen and oxygen atoms in total. The zero-order valence-corrected chi connectivity index (χ0v) is 14.0. The molecule has 0 bridgehead atoms. The molecule has 0 fully saturated rings. The van der Waals surface area contributed by atoms with Gasteiger partial charge in [0.1, 0.15) is 5.82 Å². The van der Waals surface area contributed by atoms with E-state index in [0.717, 1.165) is 31.4 Å². The van der Waals surface area contributed by atoms with Gasteiger partial charge in [-0.1, -0.05) is 12.5 Å². The topological polar surface area (TPSA) is 90.5 Å². The van der Waals surface area contributed by atoms with Crippen LogP contribution in [-0.2, 0) is 17.9 Å². The van der Waals surface area contributed by atoms with E-state index in [9.17, 15) is 9.18 Å². The number of hydrogen-bond acceptors (Lipinski definition) is 5. The fraction of sp³-hybridized carbons (Fsp3) is 0.353. The van der Waals surface area contributed by atoms with Gasteiger partial charge >= 0.3 is 0 Å². The summed E-state index contributed by atoms with van der Waals surface area (Å²) in [6.45, 7) is 1.08. The molecule has 1 aliphatic rings. The maximum absolute atomic E-state index is 13.3. The van der Waals surface area contributed by atoms with Gasteiger partial charge in [0.2, 0.25) is 5.91 Å². The van der Waals surface area contributed by atoms with Crippen LogP contribution in [0.3, 0.4) is 0 Å². The number of halogens is 1. The second-order valence-electron chi connectivity index (χ2n) is 6.30. The second-order valence-corrected chi connectivity index (χ2v) is 6.30. The fourth-order valence-corrected chi connectivity index (χ4v) is 3.13. The first-order valence-electron chi connectivity index (χ1n) is 8.54. The Bertz CT molecular complexity index is 919. The van der Waals surface area contributed by atoms with Gasteiger partial charge in [-0.05, 0) is 41.5 Å². The Kier molecular flexibility index (Phi) is 4.42. The van der Waals surface area contributed by atoms with E-state index in [4.69, 9.17) is 0 Å². The van der Waals surface area contributed by atoms with Crippen molar-refractivity contribution in [3.8, 4) is 5.69 Å². The van der Waals surface area contributed by atoms with Crippen LogP contribution in [0.25, 0.3) is 5.69 Å². The quantitative estimate of drug-likeness (QED) is 0.767. The van der Waals surface area contributed by atoms with Crippen LogP contribution in [0.2, 0.25) is 0 Å². The van der Waals surface area contributed by atoms with Crippen LogP contribution in [0, 0.1) is 5.82 Å². The average Bonchev–Trinajstić information content (AvgIpc) is 3.26. The molecule has 3 heterocycles. The Balaban J connectivity index is 1.43. The molecule has 0 spiro atoms. The van der Waals surface area contributed by atoms with Crippen molar-refractivity contribution in [2.24, 2.45) is 0 Å². The zero-order chi connectivity index (χ0) is 17.9. The lowest BCUT2D eigenvalue weighted by molar-refractivity contribution is -0.123. The first-order chi connectivity index (χ1) is 12.7. The van der Waals surface area contributed by atoms with Crippen molar-refractivity contribution in [1.82, 2.24) is 35.3 Å². The van der Waals surface area contributed by atoms with Gasteiger partial charge in [-0.15, -0.1) is 5.10 Å². The number of carbonyl (C=O) groups is 1. The molecule has 0 saturated carbocycles. The Morgan fingerprint density at radius 2 is 2.27 bits per heavy atom. The van der Waals surface area contributed by atoms with Crippen molar-refractivity contribution < 1.29 is 9.18 Å². The van der Waals surface area contributed by atoms with Crippen LogP contribution in [0.4, 0.5) is 4.39 Å². The molecule has 1 aliphatic heterocycles. The standard InChI is InChI=1S/C17H18FN7O/c18-13-4-3-5-14(8-13)25-11-12(10-20-25)9-19-17(26)15-6-1-2-7-24-16(15)21-22-23-24/h3-5,8,10-11,15H,1-2,6-7,9H2,(H,19,26)/t15-/m1/s1. The molecule has 1 atom stereocenters. The van der Waals surface area contributed by atoms with Gasteiger partial charge in [0.05, 0.1) is 17.8 Å². The van der Waals surface area contributed by atoms with Gasteiger partial charge in [-0.2, -0.15) is 5.10 Å². The van der Waals surface area contributed by atoms with Gasteiger partial charge in [-0.3, -0.25) is 4.79 Å². The first-order valence-corrected chi connectivity index (χ1v) is 8.54. The highest BCUT2D eigenvalue weighted by molar-refractivity contribution is 5.82. The summed E-state index contributed by atoms with van der Waals surface area (Å²) in [5, 5.41) is 18.8. The predicted molar refractivity (Wildman–Crippen MR) is 89.8 cm³/mol. The number of rotatable bonds is 4. The molecule has 0 aliphatic carbocycles. The van der Waals surface area contributed by atoms with Crippen molar-refractivity contribution in [2.45, 2.75) is 38.3 Å². The minimum absolute atomic E-state index is 0.0959. The number of aryl methyl sites for hydroxylation is 1. The van der Waals surface area contributed by atoms with E-state index in [1.807, 2.05) is 0 Å². The molecule has 134 valence electrons. The van der Waals surface area contributed by atoms with E-state index < -0.39 is 0 Å². The van der Waals surface area contributed by atoms with Crippen molar-refractivity contribution in [2.75, 3.05) is 0 Å². The summed E-state index contributed by atoms with van der Waals surface area (Å²) in [5.41, 5.74) is 1.46. The van der Waals surface area contributed by atoms with Crippen LogP contribution in [-0.4, -0.2) is 35.9 Å². The number of amides is 1. The molecule has 1 N–H and O–H groups in total. The van der Waals surface area contributed by atoms with Gasteiger partial charge in [-0.25, -0.2) is 13.8 Å². The van der Waals surface area contributed by atoms with E-state index in [0.29, 0.717) is 18.1 Å². The predicted octanol–water partition coefficient (Wildman–Crippen LogP) is 1.58. The lowest BCUT2D eigenvalue weighted by Crippen LogP contribution is -2.30. The van der Waals surface area contributed by atoms with Crippen molar-refractivity contribution >= 4 is 5.91 Å². The highest BCUT2D eigenvalue weighted by Crippen LogP contribution is 2.24. The Morgan fingerprint density at radius 3 is 3.15 bits per heavy atom. The van der Waals surface area contributed by atoms with Crippen molar-refractivity contribution in [3.05, 3.63) is 53.9 Å². The summed E-state index contributed by atoms with van der Waals surface area (Å²) in [4.78, 5) is 12.6. The average molecular weight is 355 g/mol. The number of benzene rings is 1. The molecule has 9 heteroatoms. The van der Waals surface area contributed by atoms with E-state index >= 15 is 0 Å². The molecule has 2 aromatic heterocycles. The third-order valence-electron chi connectivity index (χ3n) is 4.48. The smallest absolute Gasteiger partial charge is 0.231 e. The summed E-state index contributed by atoms with van der Waals surface area (Å²) in [5.74, 6) is -0.137. The highest BCUT2D eigenvalue weighted by atomic mass is 19.1. The lowest BCUT2D eigenvalue weighted by Gasteiger charge is -2.12. The zero-order valence-electron chi connectivity index (χ0n) is 14.0. The molecule has 26 heavy (non-hydrogen) atoms. The van der Waals surface area contributed by atoms with Crippen molar-refractivity contribution in [3.63, 3.8) is 0 Å². The molecule has 0 saturated heterocycles.